The van der Waals surface area contributed by atoms with Crippen molar-refractivity contribution in [2.45, 2.75) is 57.3 Å². The Morgan fingerprint density at radius 3 is 2.66 bits per heavy atom. The molecular formula is C28H30ClF3N6O3. The number of fused-ring (bicyclic) bond motifs is 4. The number of benzene rings is 2. The Labute approximate surface area is 239 Å². The van der Waals surface area contributed by atoms with Crippen LogP contribution in [0.25, 0.3) is 10.9 Å². The van der Waals surface area contributed by atoms with E-state index in [2.05, 4.69) is 15.5 Å². The van der Waals surface area contributed by atoms with E-state index < -0.39 is 30.9 Å². The summed E-state index contributed by atoms with van der Waals surface area (Å²) in [5, 5.41) is 21.5. The molecule has 1 aromatic heterocycles. The molecular weight excluding hydrogens is 561 g/mol. The van der Waals surface area contributed by atoms with Gasteiger partial charge >= 0.3 is 6.18 Å². The topological polar surface area (TPSA) is 105 Å². The van der Waals surface area contributed by atoms with Gasteiger partial charge in [0.1, 0.15) is 6.54 Å². The number of aromatic nitrogens is 2. The molecule has 41 heavy (non-hydrogen) atoms. The Hall–Kier alpha value is -3.35. The van der Waals surface area contributed by atoms with E-state index in [9.17, 15) is 27.9 Å². The molecule has 0 aliphatic carbocycles. The smallest absolute Gasteiger partial charge is 0.361 e. The van der Waals surface area contributed by atoms with E-state index in [1.165, 1.54) is 6.20 Å². The van der Waals surface area contributed by atoms with E-state index >= 15 is 0 Å². The Kier molecular flexibility index (Phi) is 7.33. The monoisotopic (exact) mass is 590 g/mol. The molecule has 9 nitrogen and oxygen atoms in total. The maximum absolute atomic E-state index is 13.5. The first kappa shape index (κ1) is 27.8. The second kappa shape index (κ2) is 10.8. The van der Waals surface area contributed by atoms with E-state index in [-0.39, 0.29) is 31.3 Å². The van der Waals surface area contributed by atoms with Gasteiger partial charge in [-0.3, -0.25) is 19.6 Å². The standard InChI is InChI=1S/C28H30ClF3N6O3/c29-22-10-17-9-18(26(40)37(15-28(30,31)32)14-21(17)20-12-33-35-25(20)22)11-24(39)36-7-5-19(6-8-36)38-13-16-3-1-2-4-23(16)34-27(38)41/h1-4,10,12,18-19,27,34,41H,5-9,11,13-15H2,(H,33,35)/t18-,27?/m0/s1. The van der Waals surface area contributed by atoms with Crippen molar-refractivity contribution in [2.75, 3.05) is 25.0 Å². The summed E-state index contributed by atoms with van der Waals surface area (Å²) in [7, 11) is 0. The third-order valence-corrected chi connectivity index (χ3v) is 8.71. The lowest BCUT2D eigenvalue weighted by molar-refractivity contribution is -0.165. The number of halogens is 4. The number of amides is 2. The molecule has 6 rings (SSSR count). The molecule has 1 unspecified atom stereocenters. The lowest BCUT2D eigenvalue weighted by Crippen LogP contribution is -2.53. The average molecular weight is 591 g/mol. The molecule has 3 aromatic rings. The van der Waals surface area contributed by atoms with Crippen LogP contribution in [0.5, 0.6) is 0 Å². The summed E-state index contributed by atoms with van der Waals surface area (Å²) >= 11 is 6.41. The predicted octanol–water partition coefficient (Wildman–Crippen LogP) is 3.86. The number of aromatic amines is 1. The van der Waals surface area contributed by atoms with Crippen LogP contribution in [0.15, 0.2) is 36.5 Å². The molecule has 1 saturated heterocycles. The average Bonchev–Trinajstić information content (AvgIpc) is 3.39. The fourth-order valence-electron chi connectivity index (χ4n) is 6.36. The Morgan fingerprint density at radius 2 is 1.90 bits per heavy atom. The van der Waals surface area contributed by atoms with Crippen molar-refractivity contribution >= 4 is 40.0 Å². The number of piperidine rings is 1. The number of carbonyl (C=O) groups excluding carboxylic acids is 2. The van der Waals surface area contributed by atoms with Crippen LogP contribution in [0.4, 0.5) is 18.9 Å². The van der Waals surface area contributed by atoms with Gasteiger partial charge in [0.05, 0.1) is 22.7 Å². The summed E-state index contributed by atoms with van der Waals surface area (Å²) in [6.07, 6.45) is -2.76. The lowest BCUT2D eigenvalue weighted by atomic mass is 9.92. The lowest BCUT2D eigenvalue weighted by Gasteiger charge is -2.43. The number of H-pyrrole nitrogens is 1. The van der Waals surface area contributed by atoms with Gasteiger partial charge in [0.15, 0.2) is 6.35 Å². The molecule has 0 saturated carbocycles. The Balaban J connectivity index is 1.16. The van der Waals surface area contributed by atoms with Crippen molar-refractivity contribution in [3.63, 3.8) is 0 Å². The van der Waals surface area contributed by atoms with Gasteiger partial charge in [-0.25, -0.2) is 0 Å². The number of para-hydroxylation sites is 1. The molecule has 3 aliphatic rings. The first-order valence-electron chi connectivity index (χ1n) is 13.6. The molecule has 1 fully saturated rings. The molecule has 2 atom stereocenters. The highest BCUT2D eigenvalue weighted by Gasteiger charge is 2.40. The number of alkyl halides is 3. The van der Waals surface area contributed by atoms with Crippen LogP contribution in [0, 0.1) is 5.92 Å². The Bertz CT molecular complexity index is 1470. The van der Waals surface area contributed by atoms with Gasteiger partial charge in [-0.15, -0.1) is 0 Å². The largest absolute Gasteiger partial charge is 0.406 e. The van der Waals surface area contributed by atoms with Crippen molar-refractivity contribution in [1.29, 1.82) is 0 Å². The van der Waals surface area contributed by atoms with E-state index in [1.807, 2.05) is 29.2 Å². The van der Waals surface area contributed by atoms with Crippen LogP contribution in [0.1, 0.15) is 36.0 Å². The fourth-order valence-corrected chi connectivity index (χ4v) is 6.64. The van der Waals surface area contributed by atoms with Crippen LogP contribution in [-0.4, -0.2) is 80.0 Å². The zero-order chi connectivity index (χ0) is 28.9. The molecule has 0 spiro atoms. The van der Waals surface area contributed by atoms with Crippen LogP contribution >= 0.6 is 11.6 Å². The molecule has 4 heterocycles. The van der Waals surface area contributed by atoms with E-state index in [4.69, 9.17) is 11.6 Å². The molecule has 0 bridgehead atoms. The van der Waals surface area contributed by atoms with Crippen molar-refractivity contribution in [1.82, 2.24) is 24.9 Å². The SMILES string of the molecule is O=C(C[C@@H]1Cc2cc(Cl)c3[nH]ncc3c2CN(CC(F)(F)F)C1=O)N1CCC(N2Cc3ccccc3NC2O)CC1. The molecule has 0 radical (unpaired) electrons. The second-order valence-electron chi connectivity index (χ2n) is 11.0. The maximum atomic E-state index is 13.5. The number of aliphatic hydroxyl groups excluding tert-OH is 1. The molecule has 2 amide bonds. The number of nitrogens with zero attached hydrogens (tertiary/aromatic N) is 4. The predicted molar refractivity (Wildman–Crippen MR) is 146 cm³/mol. The maximum Gasteiger partial charge on any atom is 0.406 e. The van der Waals surface area contributed by atoms with Crippen LogP contribution in [0.3, 0.4) is 0 Å². The van der Waals surface area contributed by atoms with Crippen molar-refractivity contribution in [3.8, 4) is 0 Å². The van der Waals surface area contributed by atoms with Crippen molar-refractivity contribution in [3.05, 3.63) is 58.2 Å². The molecule has 3 aliphatic heterocycles. The summed E-state index contributed by atoms with van der Waals surface area (Å²) in [6, 6.07) is 9.49. The van der Waals surface area contributed by atoms with Gasteiger partial charge in [0, 0.05) is 49.7 Å². The third-order valence-electron chi connectivity index (χ3n) is 8.41. The second-order valence-corrected chi connectivity index (χ2v) is 11.4. The van der Waals surface area contributed by atoms with Crippen LogP contribution in [0.2, 0.25) is 5.02 Å². The van der Waals surface area contributed by atoms with Crippen LogP contribution < -0.4 is 5.32 Å². The number of hydrogen-bond donors (Lipinski definition) is 3. The number of carbonyl (C=O) groups is 2. The minimum atomic E-state index is -4.59. The zero-order valence-corrected chi connectivity index (χ0v) is 22.9. The van der Waals surface area contributed by atoms with Crippen LogP contribution in [-0.2, 0) is 29.1 Å². The number of anilines is 1. The molecule has 13 heteroatoms. The number of aliphatic hydroxyl groups is 1. The number of hydrogen-bond acceptors (Lipinski definition) is 6. The summed E-state index contributed by atoms with van der Waals surface area (Å²) in [4.78, 5) is 31.3. The summed E-state index contributed by atoms with van der Waals surface area (Å²) in [5.74, 6) is -1.92. The first-order valence-corrected chi connectivity index (χ1v) is 14.0. The van der Waals surface area contributed by atoms with Gasteiger partial charge in [-0.05, 0) is 48.1 Å². The van der Waals surface area contributed by atoms with E-state index in [1.54, 1.807) is 11.0 Å². The molecule has 2 aromatic carbocycles. The highest BCUT2D eigenvalue weighted by molar-refractivity contribution is 6.35. The van der Waals surface area contributed by atoms with E-state index in [0.29, 0.717) is 59.5 Å². The van der Waals surface area contributed by atoms with Gasteiger partial charge in [0.25, 0.3) is 0 Å². The summed E-state index contributed by atoms with van der Waals surface area (Å²) in [6.45, 7) is -0.204. The third kappa shape index (κ3) is 5.60. The number of rotatable bonds is 4. The van der Waals surface area contributed by atoms with Crippen molar-refractivity contribution < 1.29 is 27.9 Å². The van der Waals surface area contributed by atoms with Gasteiger partial charge in [-0.2, -0.15) is 18.3 Å². The van der Waals surface area contributed by atoms with Gasteiger partial charge < -0.3 is 20.2 Å². The minimum Gasteiger partial charge on any atom is -0.361 e. The number of likely N-dealkylation sites (tertiary alicyclic amines) is 1. The van der Waals surface area contributed by atoms with Gasteiger partial charge in [-0.1, -0.05) is 29.8 Å². The van der Waals surface area contributed by atoms with Crippen molar-refractivity contribution in [2.24, 2.45) is 5.92 Å². The fraction of sp³-hybridized carbons (Fsp3) is 0.464. The summed E-state index contributed by atoms with van der Waals surface area (Å²) < 4.78 is 40.5. The number of nitrogens with one attached hydrogen (secondary N) is 2. The normalized spacial score (nSPS) is 22.3. The zero-order valence-electron chi connectivity index (χ0n) is 22.1. The minimum absolute atomic E-state index is 0.0445. The first-order chi connectivity index (χ1) is 19.6. The molecule has 218 valence electrons. The van der Waals surface area contributed by atoms with E-state index in [0.717, 1.165) is 16.2 Å². The van der Waals surface area contributed by atoms with Gasteiger partial charge in [0.2, 0.25) is 11.8 Å². The highest BCUT2D eigenvalue weighted by Crippen LogP contribution is 2.36. The Morgan fingerprint density at radius 1 is 1.15 bits per heavy atom. The highest BCUT2D eigenvalue weighted by atomic mass is 35.5. The quantitative estimate of drug-likeness (QED) is 0.426. The molecule has 3 N–H and O–H groups in total. The summed E-state index contributed by atoms with van der Waals surface area (Å²) in [5.41, 5.74) is 3.68.